The molecule has 4 heteroatoms. The molecule has 0 amide bonds. The average molecular weight is 761 g/mol. The van der Waals surface area contributed by atoms with Gasteiger partial charge < -0.3 is 0 Å². The monoisotopic (exact) mass is 760 g/mol. The number of fused-ring (bicyclic) bond motifs is 7. The Morgan fingerprint density at radius 2 is 1.07 bits per heavy atom. The molecule has 4 atom stereocenters. The van der Waals surface area contributed by atoms with Crippen LogP contribution in [0.4, 0.5) is 0 Å². The Hall–Kier alpha value is -6.70. The quantitative estimate of drug-likeness (QED) is 0.164. The van der Waals surface area contributed by atoms with Gasteiger partial charge >= 0.3 is 0 Å². The van der Waals surface area contributed by atoms with Gasteiger partial charge in [0.1, 0.15) is 0 Å². The van der Waals surface area contributed by atoms with Crippen molar-refractivity contribution in [1.82, 2.24) is 15.0 Å². The smallest absolute Gasteiger partial charge is 0.164 e. The summed E-state index contributed by atoms with van der Waals surface area (Å²) in [4.78, 5) is 15.8. The lowest BCUT2D eigenvalue weighted by molar-refractivity contribution is 0.0790. The van der Waals surface area contributed by atoms with Crippen LogP contribution in [-0.2, 0) is 5.41 Å². The van der Waals surface area contributed by atoms with Crippen LogP contribution in [0, 0.1) is 29.1 Å². The molecule has 8 aromatic carbocycles. The summed E-state index contributed by atoms with van der Waals surface area (Å²) in [7, 11) is 0. The third-order valence-electron chi connectivity index (χ3n) is 13.5. The molecule has 2 saturated carbocycles. The van der Waals surface area contributed by atoms with Gasteiger partial charge in [0.05, 0.1) is 11.6 Å². The standard InChI is InChI=1S/C55H44N4/c1-34-26-36-27-35(2)31-55(30-34,32-36)51-25-24-50(47-15-7-8-16-48(47)51)54-58-52(57-53(59-54)49-17-9-11-38-10-3-4-12-43(38)49)39-20-18-37(19-21-39)40-22-23-45-41(28-40)29-42(33-56)44-13-5-6-14-46(44)45/h3-25,28-29,34-36H,26-27,30-32H2,1-2H3/t34-,35+,36-,55?. The van der Waals surface area contributed by atoms with Gasteiger partial charge in [-0.3, -0.25) is 0 Å². The van der Waals surface area contributed by atoms with Crippen LogP contribution in [0.3, 0.4) is 0 Å². The zero-order chi connectivity index (χ0) is 39.7. The van der Waals surface area contributed by atoms with Crippen LogP contribution < -0.4 is 0 Å². The van der Waals surface area contributed by atoms with E-state index in [4.69, 9.17) is 15.0 Å². The molecule has 1 aromatic heterocycles. The minimum Gasteiger partial charge on any atom is -0.208 e. The van der Waals surface area contributed by atoms with E-state index in [2.05, 4.69) is 147 Å². The molecule has 284 valence electrons. The first-order chi connectivity index (χ1) is 28.9. The number of hydrogen-bond donors (Lipinski definition) is 0. The van der Waals surface area contributed by atoms with Crippen molar-refractivity contribution in [3.8, 4) is 51.4 Å². The topological polar surface area (TPSA) is 62.5 Å². The van der Waals surface area contributed by atoms with Crippen LogP contribution in [0.25, 0.3) is 88.4 Å². The Bertz CT molecular complexity index is 3130. The molecule has 2 aliphatic carbocycles. The van der Waals surface area contributed by atoms with Gasteiger partial charge in [0.15, 0.2) is 17.5 Å². The van der Waals surface area contributed by atoms with Gasteiger partial charge in [-0.25, -0.2) is 15.0 Å². The molecule has 0 radical (unpaired) electrons. The average Bonchev–Trinajstić information content (AvgIpc) is 3.27. The first-order valence-corrected chi connectivity index (χ1v) is 21.2. The van der Waals surface area contributed by atoms with Crippen LogP contribution >= 0.6 is 0 Å². The van der Waals surface area contributed by atoms with Crippen LogP contribution in [0.2, 0.25) is 0 Å². The molecule has 1 heterocycles. The van der Waals surface area contributed by atoms with Crippen LogP contribution in [-0.4, -0.2) is 15.0 Å². The molecule has 0 saturated heterocycles. The highest BCUT2D eigenvalue weighted by atomic mass is 15.0. The Morgan fingerprint density at radius 1 is 0.475 bits per heavy atom. The van der Waals surface area contributed by atoms with Gasteiger partial charge in [0.25, 0.3) is 0 Å². The number of aromatic nitrogens is 3. The molecule has 59 heavy (non-hydrogen) atoms. The molecule has 1 unspecified atom stereocenters. The fourth-order valence-electron chi connectivity index (χ4n) is 11.4. The molecule has 9 aromatic rings. The molecule has 2 bridgehead atoms. The van der Waals surface area contributed by atoms with Gasteiger partial charge in [-0.2, -0.15) is 5.26 Å². The van der Waals surface area contributed by atoms with E-state index in [0.717, 1.165) is 77.9 Å². The summed E-state index contributed by atoms with van der Waals surface area (Å²) in [5.74, 6) is 4.27. The number of nitrogens with zero attached hydrogens (tertiary/aromatic N) is 4. The Balaban J connectivity index is 1.05. The molecule has 2 aliphatic rings. The lowest BCUT2D eigenvalue weighted by Crippen LogP contribution is -2.42. The van der Waals surface area contributed by atoms with Gasteiger partial charge in [0, 0.05) is 22.1 Å². The minimum absolute atomic E-state index is 0.203. The predicted molar refractivity (Wildman–Crippen MR) is 243 cm³/mol. The third kappa shape index (κ3) is 6.07. The van der Waals surface area contributed by atoms with E-state index in [1.807, 2.05) is 24.3 Å². The summed E-state index contributed by atoms with van der Waals surface area (Å²) >= 11 is 0. The first kappa shape index (κ1) is 35.5. The predicted octanol–water partition coefficient (Wildman–Crippen LogP) is 14.1. The molecule has 0 aliphatic heterocycles. The zero-order valence-electron chi connectivity index (χ0n) is 33.5. The lowest BCUT2D eigenvalue weighted by Gasteiger charge is -2.51. The highest BCUT2D eigenvalue weighted by molar-refractivity contribution is 6.10. The van der Waals surface area contributed by atoms with E-state index in [1.165, 1.54) is 48.4 Å². The Kier molecular flexibility index (Phi) is 8.41. The highest BCUT2D eigenvalue weighted by Crippen LogP contribution is 2.55. The van der Waals surface area contributed by atoms with Crippen molar-refractivity contribution < 1.29 is 0 Å². The fourth-order valence-corrected chi connectivity index (χ4v) is 11.4. The molecule has 0 N–H and O–H groups in total. The normalized spacial score (nSPS) is 20.3. The van der Waals surface area contributed by atoms with Crippen molar-refractivity contribution in [1.29, 1.82) is 5.26 Å². The Morgan fingerprint density at radius 3 is 1.81 bits per heavy atom. The molecular formula is C55H44N4. The third-order valence-corrected chi connectivity index (χ3v) is 13.5. The van der Waals surface area contributed by atoms with Gasteiger partial charge in [-0.1, -0.05) is 153 Å². The van der Waals surface area contributed by atoms with E-state index in [1.54, 1.807) is 0 Å². The van der Waals surface area contributed by atoms with Crippen molar-refractivity contribution in [3.05, 3.63) is 163 Å². The van der Waals surface area contributed by atoms with Crippen molar-refractivity contribution in [2.24, 2.45) is 17.8 Å². The zero-order valence-corrected chi connectivity index (χ0v) is 33.5. The largest absolute Gasteiger partial charge is 0.208 e. The second-order valence-electron chi connectivity index (χ2n) is 17.6. The maximum absolute atomic E-state index is 9.96. The number of hydrogen-bond acceptors (Lipinski definition) is 4. The van der Waals surface area contributed by atoms with E-state index < -0.39 is 0 Å². The van der Waals surface area contributed by atoms with E-state index in [-0.39, 0.29) is 5.41 Å². The van der Waals surface area contributed by atoms with E-state index in [0.29, 0.717) is 23.0 Å². The molecule has 2 fully saturated rings. The molecular weight excluding hydrogens is 717 g/mol. The van der Waals surface area contributed by atoms with Crippen molar-refractivity contribution in [2.75, 3.05) is 0 Å². The van der Waals surface area contributed by atoms with Crippen LogP contribution in [0.1, 0.15) is 57.1 Å². The second kappa shape index (κ2) is 14.0. The summed E-state index contributed by atoms with van der Waals surface area (Å²) < 4.78 is 0. The maximum Gasteiger partial charge on any atom is 0.164 e. The van der Waals surface area contributed by atoms with Crippen molar-refractivity contribution in [2.45, 2.75) is 51.4 Å². The summed E-state index contributed by atoms with van der Waals surface area (Å²) in [6.45, 7) is 4.94. The van der Waals surface area contributed by atoms with Crippen molar-refractivity contribution >= 4 is 43.1 Å². The minimum atomic E-state index is 0.203. The van der Waals surface area contributed by atoms with Gasteiger partial charge in [-0.15, -0.1) is 0 Å². The highest BCUT2D eigenvalue weighted by Gasteiger charge is 2.46. The van der Waals surface area contributed by atoms with Gasteiger partial charge in [-0.05, 0) is 122 Å². The van der Waals surface area contributed by atoms with Crippen LogP contribution in [0.15, 0.2) is 152 Å². The molecule has 4 nitrogen and oxygen atoms in total. The number of rotatable bonds is 5. The SMILES string of the molecule is C[C@@H]1C[C@@H]2C[C@H](C)CC(c3ccc(-c4nc(-c5ccc(-c6ccc7c(c6)cc(C#N)c6ccccc67)cc5)nc(-c5cccc6ccccc56)n4)c4ccccc34)(C1)C2. The summed E-state index contributed by atoms with van der Waals surface area (Å²) in [5.41, 5.74) is 7.53. The number of nitriles is 1. The first-order valence-electron chi connectivity index (χ1n) is 21.2. The lowest BCUT2D eigenvalue weighted by atomic mass is 9.54. The second-order valence-corrected chi connectivity index (χ2v) is 17.6. The number of benzene rings is 8. The van der Waals surface area contributed by atoms with Crippen LogP contribution in [0.5, 0.6) is 0 Å². The summed E-state index contributed by atoms with van der Waals surface area (Å²) in [5, 5.41) is 19.0. The Labute approximate surface area is 345 Å². The summed E-state index contributed by atoms with van der Waals surface area (Å²) in [6, 6.07) is 56.1. The van der Waals surface area contributed by atoms with Crippen molar-refractivity contribution in [3.63, 3.8) is 0 Å². The van der Waals surface area contributed by atoms with E-state index in [9.17, 15) is 5.26 Å². The molecule has 11 rings (SSSR count). The maximum atomic E-state index is 9.96. The fraction of sp³-hybridized carbons (Fsp3) is 0.200. The molecule has 0 spiro atoms. The summed E-state index contributed by atoms with van der Waals surface area (Å²) in [6.07, 6.45) is 6.52. The van der Waals surface area contributed by atoms with E-state index >= 15 is 0 Å². The van der Waals surface area contributed by atoms with Gasteiger partial charge in [0.2, 0.25) is 0 Å².